The number of thiophene rings is 1. The van der Waals surface area contributed by atoms with Gasteiger partial charge in [0.05, 0.1) is 6.04 Å². The van der Waals surface area contributed by atoms with Gasteiger partial charge in [-0.2, -0.15) is 0 Å². The number of carbonyl (C=O) groups is 1. The summed E-state index contributed by atoms with van der Waals surface area (Å²) in [4.78, 5) is 15.4. The fourth-order valence-corrected chi connectivity index (χ4v) is 5.07. The second-order valence-corrected chi connectivity index (χ2v) is 9.06. The second kappa shape index (κ2) is 8.86. The summed E-state index contributed by atoms with van der Waals surface area (Å²) in [6.45, 7) is 3.59. The molecule has 0 aliphatic carbocycles. The first-order valence-corrected chi connectivity index (χ1v) is 11.6. The number of amides is 1. The van der Waals surface area contributed by atoms with Crippen molar-refractivity contribution in [3.8, 4) is 11.5 Å². The van der Waals surface area contributed by atoms with Gasteiger partial charge in [0.15, 0.2) is 11.5 Å². The van der Waals surface area contributed by atoms with Gasteiger partial charge in [0.25, 0.3) is 5.91 Å². The number of aliphatic hydroxyl groups excluding tert-OH is 1. The lowest BCUT2D eigenvalue weighted by Crippen LogP contribution is -2.46. The average molecular weight is 439 g/mol. The molecule has 0 bridgehead atoms. The number of fused-ring (bicyclic) bond motifs is 2. The highest BCUT2D eigenvalue weighted by Crippen LogP contribution is 2.33. The van der Waals surface area contributed by atoms with Crippen molar-refractivity contribution < 1.29 is 19.4 Å². The Labute approximate surface area is 185 Å². The number of hydrogen-bond donors (Lipinski definition) is 2. The molecule has 3 heterocycles. The van der Waals surface area contributed by atoms with Crippen LogP contribution in [0, 0.1) is 0 Å². The molecule has 2 aromatic carbocycles. The third-order valence-electron chi connectivity index (χ3n) is 5.97. The van der Waals surface area contributed by atoms with E-state index < -0.39 is 12.1 Å². The first kappa shape index (κ1) is 20.3. The van der Waals surface area contributed by atoms with Gasteiger partial charge in [-0.25, -0.2) is 0 Å². The van der Waals surface area contributed by atoms with Gasteiger partial charge in [0.2, 0.25) is 0 Å². The molecule has 1 fully saturated rings. The van der Waals surface area contributed by atoms with Crippen LogP contribution in [0.1, 0.15) is 34.9 Å². The van der Waals surface area contributed by atoms with Crippen LogP contribution in [0.3, 0.4) is 0 Å². The molecule has 3 aromatic rings. The third kappa shape index (κ3) is 4.39. The minimum absolute atomic E-state index is 0.172. The number of aliphatic hydroxyl groups is 1. The zero-order valence-electron chi connectivity index (χ0n) is 17.3. The molecule has 1 aromatic heterocycles. The zero-order chi connectivity index (χ0) is 21.2. The van der Waals surface area contributed by atoms with E-state index in [2.05, 4.69) is 10.2 Å². The Bertz CT molecular complexity index is 1080. The smallest absolute Gasteiger partial charge is 0.251 e. The molecule has 1 amide bonds. The Morgan fingerprint density at radius 3 is 2.71 bits per heavy atom. The molecule has 7 heteroatoms. The molecule has 0 radical (unpaired) electrons. The van der Waals surface area contributed by atoms with Gasteiger partial charge in [0.1, 0.15) is 19.3 Å². The molecule has 6 nitrogen and oxygen atoms in total. The second-order valence-electron chi connectivity index (χ2n) is 8.11. The van der Waals surface area contributed by atoms with E-state index in [1.165, 1.54) is 0 Å². The van der Waals surface area contributed by atoms with Crippen LogP contribution in [0.15, 0.2) is 47.8 Å². The topological polar surface area (TPSA) is 71.0 Å². The lowest BCUT2D eigenvalue weighted by atomic mass is 10.00. The number of carbonyl (C=O) groups excluding carboxylic acids is 1. The molecule has 2 unspecified atom stereocenters. The summed E-state index contributed by atoms with van der Waals surface area (Å²) < 4.78 is 12.4. The van der Waals surface area contributed by atoms with E-state index in [0.29, 0.717) is 42.4 Å². The van der Waals surface area contributed by atoms with Gasteiger partial charge in [-0.05, 0) is 78.7 Å². The third-order valence-corrected chi connectivity index (χ3v) is 6.87. The summed E-state index contributed by atoms with van der Waals surface area (Å²) in [6.07, 6.45) is 1.44. The predicted octanol–water partition coefficient (Wildman–Crippen LogP) is 3.60. The average Bonchev–Trinajstić information content (AvgIpc) is 3.49. The molecule has 2 N–H and O–H groups in total. The highest BCUT2D eigenvalue weighted by Gasteiger charge is 2.28. The van der Waals surface area contributed by atoms with E-state index in [9.17, 15) is 9.90 Å². The molecule has 31 heavy (non-hydrogen) atoms. The molecule has 1 saturated heterocycles. The number of nitrogens with zero attached hydrogens (tertiary/aromatic N) is 1. The minimum atomic E-state index is -0.856. The fraction of sp³-hybridized carbons (Fsp3) is 0.375. The van der Waals surface area contributed by atoms with Crippen LogP contribution in [-0.4, -0.2) is 54.8 Å². The number of rotatable bonds is 6. The number of ether oxygens (including phenoxy) is 2. The predicted molar refractivity (Wildman–Crippen MR) is 121 cm³/mol. The monoisotopic (exact) mass is 438 g/mol. The molecular formula is C24H26N2O4S. The number of benzene rings is 2. The molecule has 2 aliphatic rings. The van der Waals surface area contributed by atoms with Gasteiger partial charge in [-0.1, -0.05) is 6.07 Å². The number of nitrogens with one attached hydrogen (secondary N) is 1. The Morgan fingerprint density at radius 1 is 1.06 bits per heavy atom. The van der Waals surface area contributed by atoms with Crippen LogP contribution in [0.4, 0.5) is 0 Å². The molecule has 162 valence electrons. The Kier molecular flexibility index (Phi) is 5.80. The molecular weight excluding hydrogens is 412 g/mol. The van der Waals surface area contributed by atoms with Crippen LogP contribution >= 0.6 is 11.3 Å². The molecule has 2 aliphatic heterocycles. The van der Waals surface area contributed by atoms with E-state index in [1.807, 2.05) is 47.8 Å². The van der Waals surface area contributed by atoms with Gasteiger partial charge < -0.3 is 24.8 Å². The molecule has 5 rings (SSSR count). The lowest BCUT2D eigenvalue weighted by molar-refractivity contribution is 0.0771. The minimum Gasteiger partial charge on any atom is -0.486 e. The van der Waals surface area contributed by atoms with Gasteiger partial charge in [0, 0.05) is 16.8 Å². The SMILES string of the molecule is O=C(NC(CN1CCCC1)C(O)c1ccc2c(c1)OCCO2)c1ccc2sccc2c1. The van der Waals surface area contributed by atoms with Crippen LogP contribution in [0.25, 0.3) is 10.1 Å². The summed E-state index contributed by atoms with van der Waals surface area (Å²) in [6, 6.07) is 12.8. The van der Waals surface area contributed by atoms with Crippen molar-refractivity contribution in [2.45, 2.75) is 25.0 Å². The maximum Gasteiger partial charge on any atom is 0.251 e. The lowest BCUT2D eigenvalue weighted by Gasteiger charge is -2.29. The quantitative estimate of drug-likeness (QED) is 0.615. The van der Waals surface area contributed by atoms with Crippen molar-refractivity contribution in [1.29, 1.82) is 0 Å². The maximum atomic E-state index is 13.1. The maximum absolute atomic E-state index is 13.1. The molecule has 0 spiro atoms. The van der Waals surface area contributed by atoms with Crippen molar-refractivity contribution in [3.05, 3.63) is 59.0 Å². The Morgan fingerprint density at radius 2 is 1.87 bits per heavy atom. The summed E-state index contributed by atoms with van der Waals surface area (Å²) in [5, 5.41) is 17.4. The summed E-state index contributed by atoms with van der Waals surface area (Å²) in [5.74, 6) is 1.15. The van der Waals surface area contributed by atoms with Crippen LogP contribution < -0.4 is 14.8 Å². The highest BCUT2D eigenvalue weighted by atomic mass is 32.1. The zero-order valence-corrected chi connectivity index (χ0v) is 18.1. The number of likely N-dealkylation sites (tertiary alicyclic amines) is 1. The molecule has 0 saturated carbocycles. The van der Waals surface area contributed by atoms with E-state index in [4.69, 9.17) is 9.47 Å². The first-order chi connectivity index (χ1) is 15.2. The number of hydrogen-bond acceptors (Lipinski definition) is 6. The van der Waals surface area contributed by atoms with Crippen LogP contribution in [-0.2, 0) is 0 Å². The van der Waals surface area contributed by atoms with Crippen molar-refractivity contribution in [2.24, 2.45) is 0 Å². The van der Waals surface area contributed by atoms with E-state index in [0.717, 1.165) is 36.0 Å². The van der Waals surface area contributed by atoms with Gasteiger partial charge >= 0.3 is 0 Å². The fourth-order valence-electron chi connectivity index (χ4n) is 4.30. The first-order valence-electron chi connectivity index (χ1n) is 10.8. The standard InChI is InChI=1S/C24H26N2O4S/c27-23(17-3-5-20-21(14-17)30-11-10-29-20)19(15-26-8-1-2-9-26)25-24(28)18-4-6-22-16(13-18)7-12-31-22/h3-7,12-14,19,23,27H,1-2,8-11,15H2,(H,25,28). The summed E-state index contributed by atoms with van der Waals surface area (Å²) >= 11 is 1.66. The van der Waals surface area contributed by atoms with Crippen molar-refractivity contribution >= 4 is 27.3 Å². The molecule has 2 atom stereocenters. The highest BCUT2D eigenvalue weighted by molar-refractivity contribution is 7.17. The van der Waals surface area contributed by atoms with Crippen LogP contribution in [0.2, 0.25) is 0 Å². The van der Waals surface area contributed by atoms with Gasteiger partial charge in [-0.3, -0.25) is 4.79 Å². The Balaban J connectivity index is 1.38. The van der Waals surface area contributed by atoms with E-state index >= 15 is 0 Å². The van der Waals surface area contributed by atoms with Crippen LogP contribution in [0.5, 0.6) is 11.5 Å². The normalized spacial score (nSPS) is 18.1. The van der Waals surface area contributed by atoms with E-state index in [1.54, 1.807) is 11.3 Å². The summed E-state index contributed by atoms with van der Waals surface area (Å²) in [5.41, 5.74) is 1.31. The van der Waals surface area contributed by atoms with Crippen molar-refractivity contribution in [3.63, 3.8) is 0 Å². The summed E-state index contributed by atoms with van der Waals surface area (Å²) in [7, 11) is 0. The Hall–Kier alpha value is -2.61. The van der Waals surface area contributed by atoms with Crippen molar-refractivity contribution in [2.75, 3.05) is 32.8 Å². The van der Waals surface area contributed by atoms with Gasteiger partial charge in [-0.15, -0.1) is 11.3 Å². The van der Waals surface area contributed by atoms with Crippen molar-refractivity contribution in [1.82, 2.24) is 10.2 Å². The van der Waals surface area contributed by atoms with E-state index in [-0.39, 0.29) is 5.91 Å². The largest absolute Gasteiger partial charge is 0.486 e.